The van der Waals surface area contributed by atoms with E-state index >= 15 is 0 Å². The van der Waals surface area contributed by atoms with Gasteiger partial charge in [0.05, 0.1) is 5.92 Å². The Labute approximate surface area is 146 Å². The summed E-state index contributed by atoms with van der Waals surface area (Å²) in [4.78, 5) is 38.8. The van der Waals surface area contributed by atoms with Gasteiger partial charge in [0, 0.05) is 32.1 Å². The summed E-state index contributed by atoms with van der Waals surface area (Å²) in [5.74, 6) is -1.02. The van der Waals surface area contributed by atoms with Gasteiger partial charge in [-0.15, -0.1) is 0 Å². The third-order valence-corrected chi connectivity index (χ3v) is 4.87. The molecule has 2 fully saturated rings. The molecule has 7 heteroatoms. The first-order valence-corrected chi connectivity index (χ1v) is 8.52. The van der Waals surface area contributed by atoms with Gasteiger partial charge in [0.15, 0.2) is 6.61 Å². The first kappa shape index (κ1) is 17.3. The van der Waals surface area contributed by atoms with E-state index in [-0.39, 0.29) is 37.4 Å². The molecule has 0 aliphatic carbocycles. The van der Waals surface area contributed by atoms with Crippen LogP contribution in [0.5, 0.6) is 5.75 Å². The van der Waals surface area contributed by atoms with Crippen LogP contribution in [0.25, 0.3) is 0 Å². The van der Waals surface area contributed by atoms with Crippen LogP contribution in [0.15, 0.2) is 30.3 Å². The Morgan fingerprint density at radius 1 is 1.16 bits per heavy atom. The second-order valence-electron chi connectivity index (χ2n) is 6.50. The zero-order valence-electron chi connectivity index (χ0n) is 14.0. The molecule has 2 saturated heterocycles. The van der Waals surface area contributed by atoms with Crippen LogP contribution in [0, 0.1) is 5.92 Å². The summed E-state index contributed by atoms with van der Waals surface area (Å²) in [5.41, 5.74) is 0. The Balaban J connectivity index is 1.46. The Morgan fingerprint density at radius 2 is 1.84 bits per heavy atom. The highest BCUT2D eigenvalue weighted by Gasteiger charge is 2.39. The van der Waals surface area contributed by atoms with Crippen molar-refractivity contribution in [1.82, 2.24) is 9.80 Å². The van der Waals surface area contributed by atoms with Gasteiger partial charge in [-0.1, -0.05) is 18.2 Å². The number of carboxylic acids is 1. The summed E-state index contributed by atoms with van der Waals surface area (Å²) < 4.78 is 5.48. The Kier molecular flexibility index (Phi) is 5.21. The van der Waals surface area contributed by atoms with Crippen molar-refractivity contribution in [2.24, 2.45) is 5.92 Å². The Morgan fingerprint density at radius 3 is 2.44 bits per heavy atom. The average molecular weight is 346 g/mol. The van der Waals surface area contributed by atoms with Crippen LogP contribution in [0.1, 0.15) is 19.3 Å². The van der Waals surface area contributed by atoms with Crippen LogP contribution in [-0.4, -0.2) is 65.0 Å². The lowest BCUT2D eigenvalue weighted by Crippen LogP contribution is -2.48. The van der Waals surface area contributed by atoms with Crippen molar-refractivity contribution >= 4 is 17.8 Å². The first-order chi connectivity index (χ1) is 12.0. The van der Waals surface area contributed by atoms with Crippen molar-refractivity contribution in [2.45, 2.75) is 25.3 Å². The lowest BCUT2D eigenvalue weighted by atomic mass is 10.0. The molecule has 0 radical (unpaired) electrons. The molecule has 134 valence electrons. The highest BCUT2D eigenvalue weighted by Crippen LogP contribution is 2.25. The van der Waals surface area contributed by atoms with Gasteiger partial charge in [0.25, 0.3) is 5.91 Å². The normalized spacial score (nSPS) is 21.4. The third-order valence-electron chi connectivity index (χ3n) is 4.87. The topological polar surface area (TPSA) is 87.2 Å². The average Bonchev–Trinajstić information content (AvgIpc) is 3.03. The lowest BCUT2D eigenvalue weighted by molar-refractivity contribution is -0.141. The molecule has 0 saturated carbocycles. The summed E-state index contributed by atoms with van der Waals surface area (Å²) in [6.45, 7) is 1.40. The van der Waals surface area contributed by atoms with E-state index in [1.54, 1.807) is 21.9 Å². The minimum Gasteiger partial charge on any atom is -0.484 e. The molecular weight excluding hydrogens is 324 g/mol. The van der Waals surface area contributed by atoms with Gasteiger partial charge in [-0.2, -0.15) is 0 Å². The fraction of sp³-hybridized carbons (Fsp3) is 0.500. The van der Waals surface area contributed by atoms with Crippen LogP contribution < -0.4 is 4.74 Å². The van der Waals surface area contributed by atoms with Crippen LogP contribution in [0.4, 0.5) is 0 Å². The van der Waals surface area contributed by atoms with Crippen molar-refractivity contribution in [3.63, 3.8) is 0 Å². The molecule has 1 aromatic rings. The number of piperidine rings is 1. The van der Waals surface area contributed by atoms with Gasteiger partial charge >= 0.3 is 5.97 Å². The monoisotopic (exact) mass is 346 g/mol. The molecule has 1 atom stereocenters. The first-order valence-electron chi connectivity index (χ1n) is 8.52. The number of carbonyl (C=O) groups is 3. The summed E-state index contributed by atoms with van der Waals surface area (Å²) in [6.07, 6.45) is 1.43. The van der Waals surface area contributed by atoms with Gasteiger partial charge in [-0.25, -0.2) is 0 Å². The molecule has 7 nitrogen and oxygen atoms in total. The summed E-state index contributed by atoms with van der Waals surface area (Å²) in [5, 5.41) is 9.07. The molecule has 2 heterocycles. The van der Waals surface area contributed by atoms with Gasteiger partial charge in [0.1, 0.15) is 5.75 Å². The number of para-hydroxylation sites is 1. The van der Waals surface area contributed by atoms with Crippen molar-refractivity contribution in [3.05, 3.63) is 30.3 Å². The SMILES string of the molecule is O=C(O)C1CC(=O)N(C2CCN(C(=O)COc3ccccc3)CC2)C1. The molecule has 2 aliphatic heterocycles. The second-order valence-corrected chi connectivity index (χ2v) is 6.50. The quantitative estimate of drug-likeness (QED) is 0.859. The Bertz CT molecular complexity index is 640. The molecule has 0 bridgehead atoms. The van der Waals surface area contributed by atoms with E-state index < -0.39 is 11.9 Å². The molecule has 1 N–H and O–H groups in total. The predicted molar refractivity (Wildman–Crippen MR) is 89.0 cm³/mol. The maximum atomic E-state index is 12.2. The van der Waals surface area contributed by atoms with E-state index in [1.165, 1.54) is 0 Å². The van der Waals surface area contributed by atoms with E-state index in [2.05, 4.69) is 0 Å². The van der Waals surface area contributed by atoms with E-state index in [0.717, 1.165) is 0 Å². The summed E-state index contributed by atoms with van der Waals surface area (Å²) in [7, 11) is 0. The van der Waals surface area contributed by atoms with Crippen LogP contribution in [-0.2, 0) is 14.4 Å². The maximum Gasteiger partial charge on any atom is 0.308 e. The minimum atomic E-state index is -0.915. The Hall–Kier alpha value is -2.57. The minimum absolute atomic E-state index is 0.00157. The molecule has 0 spiro atoms. The van der Waals surface area contributed by atoms with Gasteiger partial charge < -0.3 is 19.6 Å². The zero-order valence-corrected chi connectivity index (χ0v) is 14.0. The van der Waals surface area contributed by atoms with E-state index in [4.69, 9.17) is 9.84 Å². The molecule has 1 aromatic carbocycles. The molecule has 2 aliphatic rings. The number of carbonyl (C=O) groups excluding carboxylic acids is 2. The number of rotatable bonds is 5. The highest BCUT2D eigenvalue weighted by atomic mass is 16.5. The van der Waals surface area contributed by atoms with E-state index in [0.29, 0.717) is 31.7 Å². The number of benzene rings is 1. The van der Waals surface area contributed by atoms with Crippen molar-refractivity contribution < 1.29 is 24.2 Å². The number of carboxylic acid groups (broad SMARTS) is 1. The van der Waals surface area contributed by atoms with E-state index in [9.17, 15) is 14.4 Å². The van der Waals surface area contributed by atoms with Crippen LogP contribution in [0.3, 0.4) is 0 Å². The maximum absolute atomic E-state index is 12.2. The number of aliphatic carboxylic acids is 1. The van der Waals surface area contributed by atoms with Crippen LogP contribution in [0.2, 0.25) is 0 Å². The second kappa shape index (κ2) is 7.55. The van der Waals surface area contributed by atoms with Gasteiger partial charge in [-0.05, 0) is 25.0 Å². The van der Waals surface area contributed by atoms with E-state index in [1.807, 2.05) is 18.2 Å². The number of likely N-dealkylation sites (tertiary alicyclic amines) is 2. The largest absolute Gasteiger partial charge is 0.484 e. The molecule has 25 heavy (non-hydrogen) atoms. The molecule has 3 rings (SSSR count). The standard InChI is InChI=1S/C18H22N2O5/c21-16-10-13(18(23)24)11-20(16)14-6-8-19(9-7-14)17(22)12-25-15-4-2-1-3-5-15/h1-5,13-14H,6-12H2,(H,23,24). The summed E-state index contributed by atoms with van der Waals surface area (Å²) in [6, 6.07) is 9.21. The predicted octanol–water partition coefficient (Wildman–Crippen LogP) is 0.990. The molecular formula is C18H22N2O5. The fourth-order valence-corrected chi connectivity index (χ4v) is 3.43. The number of hydrogen-bond donors (Lipinski definition) is 1. The molecule has 2 amide bonds. The van der Waals surface area contributed by atoms with Crippen molar-refractivity contribution in [1.29, 1.82) is 0 Å². The fourth-order valence-electron chi connectivity index (χ4n) is 3.43. The lowest BCUT2D eigenvalue weighted by Gasteiger charge is -2.36. The van der Waals surface area contributed by atoms with Crippen molar-refractivity contribution in [3.8, 4) is 5.75 Å². The smallest absolute Gasteiger partial charge is 0.308 e. The molecule has 1 unspecified atom stereocenters. The number of amides is 2. The number of hydrogen-bond acceptors (Lipinski definition) is 4. The number of nitrogens with zero attached hydrogens (tertiary/aromatic N) is 2. The zero-order chi connectivity index (χ0) is 17.8. The highest BCUT2D eigenvalue weighted by molar-refractivity contribution is 5.86. The molecule has 0 aromatic heterocycles. The van der Waals surface area contributed by atoms with Gasteiger partial charge in [0.2, 0.25) is 5.91 Å². The van der Waals surface area contributed by atoms with Crippen molar-refractivity contribution in [2.75, 3.05) is 26.2 Å². The van der Waals surface area contributed by atoms with Gasteiger partial charge in [-0.3, -0.25) is 14.4 Å². The van der Waals surface area contributed by atoms with Crippen LogP contribution >= 0.6 is 0 Å². The third kappa shape index (κ3) is 4.10. The summed E-state index contributed by atoms with van der Waals surface area (Å²) >= 11 is 0. The number of ether oxygens (including phenoxy) is 1.